The number of likely N-dealkylation sites (tertiary alicyclic amines) is 1. The van der Waals surface area contributed by atoms with Crippen molar-refractivity contribution >= 4 is 17.2 Å². The highest BCUT2D eigenvalue weighted by Gasteiger charge is 2.28. The summed E-state index contributed by atoms with van der Waals surface area (Å²) in [5.74, 6) is 0.620. The van der Waals surface area contributed by atoms with Gasteiger partial charge in [-0.2, -0.15) is 0 Å². The van der Waals surface area contributed by atoms with Crippen LogP contribution in [0, 0.1) is 0 Å². The maximum Gasteiger partial charge on any atom is 0.251 e. The fourth-order valence-electron chi connectivity index (χ4n) is 3.20. The lowest BCUT2D eigenvalue weighted by atomic mass is 9.98. The molecule has 0 atom stereocenters. The van der Waals surface area contributed by atoms with Gasteiger partial charge in [0, 0.05) is 23.0 Å². The number of rotatable bonds is 7. The van der Waals surface area contributed by atoms with Crippen molar-refractivity contribution in [3.05, 3.63) is 46.4 Å². The molecule has 0 radical (unpaired) electrons. The summed E-state index contributed by atoms with van der Waals surface area (Å²) in [5, 5.41) is 5.04. The first-order valence-electron chi connectivity index (χ1n) is 9.18. The SMILES string of the molecule is CC(C)(CNC(=O)c1cccc(OCc2cscn2)c1)N1CCCCC1. The molecule has 2 heterocycles. The number of aromatic nitrogens is 1. The molecule has 1 amide bonds. The zero-order valence-electron chi connectivity index (χ0n) is 15.5. The molecular weight excluding hydrogens is 346 g/mol. The van der Waals surface area contributed by atoms with Crippen molar-refractivity contribution in [2.45, 2.75) is 45.3 Å². The molecule has 1 N–H and O–H groups in total. The monoisotopic (exact) mass is 373 g/mol. The number of piperidine rings is 1. The number of carbonyl (C=O) groups is 1. The molecule has 1 aliphatic rings. The predicted octanol–water partition coefficient (Wildman–Crippen LogP) is 3.72. The minimum atomic E-state index is -0.0609. The third-order valence-corrected chi connectivity index (χ3v) is 5.50. The standard InChI is InChI=1S/C20H27N3O2S/c1-20(2,23-9-4-3-5-10-23)14-21-19(24)16-7-6-8-18(11-16)25-12-17-13-26-15-22-17/h6-8,11,13,15H,3-5,9-10,12,14H2,1-2H3,(H,21,24). The normalized spacial score (nSPS) is 15.6. The Morgan fingerprint density at radius 3 is 2.85 bits per heavy atom. The highest BCUT2D eigenvalue weighted by molar-refractivity contribution is 7.07. The third-order valence-electron chi connectivity index (χ3n) is 4.86. The lowest BCUT2D eigenvalue weighted by Gasteiger charge is -2.41. The Kier molecular flexibility index (Phi) is 6.27. The van der Waals surface area contributed by atoms with Crippen LogP contribution in [-0.4, -0.2) is 41.0 Å². The Morgan fingerprint density at radius 2 is 2.12 bits per heavy atom. The van der Waals surface area contributed by atoms with Crippen LogP contribution < -0.4 is 10.1 Å². The van der Waals surface area contributed by atoms with Crippen LogP contribution in [0.15, 0.2) is 35.2 Å². The number of nitrogens with one attached hydrogen (secondary N) is 1. The van der Waals surface area contributed by atoms with Crippen molar-refractivity contribution < 1.29 is 9.53 Å². The van der Waals surface area contributed by atoms with E-state index in [1.807, 2.05) is 23.6 Å². The van der Waals surface area contributed by atoms with E-state index in [4.69, 9.17) is 4.74 Å². The van der Waals surface area contributed by atoms with Crippen LogP contribution in [-0.2, 0) is 6.61 Å². The molecule has 0 bridgehead atoms. The quantitative estimate of drug-likeness (QED) is 0.804. The molecule has 1 aliphatic heterocycles. The second-order valence-corrected chi connectivity index (χ2v) is 8.06. The first-order chi connectivity index (χ1) is 12.5. The number of thiazole rings is 1. The van der Waals surface area contributed by atoms with E-state index in [9.17, 15) is 4.79 Å². The average Bonchev–Trinajstić information content (AvgIpc) is 3.19. The first-order valence-corrected chi connectivity index (χ1v) is 10.1. The summed E-state index contributed by atoms with van der Waals surface area (Å²) in [6.07, 6.45) is 3.80. The molecule has 2 aromatic rings. The molecule has 3 rings (SSSR count). The number of hydrogen-bond acceptors (Lipinski definition) is 5. The molecule has 0 aliphatic carbocycles. The zero-order chi connectivity index (χ0) is 18.4. The van der Waals surface area contributed by atoms with E-state index < -0.39 is 0 Å². The van der Waals surface area contributed by atoms with Gasteiger partial charge < -0.3 is 10.1 Å². The summed E-state index contributed by atoms with van der Waals surface area (Å²) in [5.41, 5.74) is 3.27. The maximum atomic E-state index is 12.6. The fraction of sp³-hybridized carbons (Fsp3) is 0.500. The van der Waals surface area contributed by atoms with Gasteiger partial charge in [-0.25, -0.2) is 4.98 Å². The molecule has 0 unspecified atom stereocenters. The number of ether oxygens (including phenoxy) is 1. The minimum Gasteiger partial charge on any atom is -0.487 e. The van der Waals surface area contributed by atoms with E-state index in [0.717, 1.165) is 18.8 Å². The molecule has 0 spiro atoms. The number of amides is 1. The molecule has 140 valence electrons. The second kappa shape index (κ2) is 8.64. The molecule has 0 saturated carbocycles. The summed E-state index contributed by atoms with van der Waals surface area (Å²) in [4.78, 5) is 19.2. The zero-order valence-corrected chi connectivity index (χ0v) is 16.3. The van der Waals surface area contributed by atoms with Crippen molar-refractivity contribution in [2.24, 2.45) is 0 Å². The number of benzene rings is 1. The van der Waals surface area contributed by atoms with Crippen molar-refractivity contribution in [3.63, 3.8) is 0 Å². The Balaban J connectivity index is 1.54. The summed E-state index contributed by atoms with van der Waals surface area (Å²) < 4.78 is 5.74. The van der Waals surface area contributed by atoms with Gasteiger partial charge >= 0.3 is 0 Å². The van der Waals surface area contributed by atoms with Gasteiger partial charge in [-0.05, 0) is 58.0 Å². The number of nitrogens with zero attached hydrogens (tertiary/aromatic N) is 2. The van der Waals surface area contributed by atoms with E-state index in [2.05, 4.69) is 29.0 Å². The fourth-order valence-corrected chi connectivity index (χ4v) is 3.75. The van der Waals surface area contributed by atoms with Gasteiger partial charge in [0.05, 0.1) is 11.2 Å². The first kappa shape index (κ1) is 18.9. The van der Waals surface area contributed by atoms with E-state index in [-0.39, 0.29) is 11.4 Å². The summed E-state index contributed by atoms with van der Waals surface area (Å²) in [7, 11) is 0. The minimum absolute atomic E-state index is 0.0329. The van der Waals surface area contributed by atoms with Crippen molar-refractivity contribution in [1.29, 1.82) is 0 Å². The summed E-state index contributed by atoms with van der Waals surface area (Å²) in [6, 6.07) is 7.32. The Morgan fingerprint density at radius 1 is 1.31 bits per heavy atom. The highest BCUT2D eigenvalue weighted by atomic mass is 32.1. The van der Waals surface area contributed by atoms with Crippen LogP contribution in [0.4, 0.5) is 0 Å². The number of carbonyl (C=O) groups excluding carboxylic acids is 1. The summed E-state index contributed by atoms with van der Waals surface area (Å²) >= 11 is 1.54. The molecule has 1 fully saturated rings. The molecule has 26 heavy (non-hydrogen) atoms. The van der Waals surface area contributed by atoms with Gasteiger partial charge in [0.2, 0.25) is 0 Å². The van der Waals surface area contributed by atoms with Crippen LogP contribution in [0.2, 0.25) is 0 Å². The van der Waals surface area contributed by atoms with Crippen LogP contribution in [0.25, 0.3) is 0 Å². The van der Waals surface area contributed by atoms with Crippen LogP contribution in [0.3, 0.4) is 0 Å². The van der Waals surface area contributed by atoms with Gasteiger partial charge in [-0.1, -0.05) is 12.5 Å². The summed E-state index contributed by atoms with van der Waals surface area (Å²) in [6.45, 7) is 7.68. The molecule has 6 heteroatoms. The molecule has 1 aromatic heterocycles. The lowest BCUT2D eigenvalue weighted by Crippen LogP contribution is -2.53. The van der Waals surface area contributed by atoms with Gasteiger partial charge in [0.1, 0.15) is 12.4 Å². The van der Waals surface area contributed by atoms with E-state index >= 15 is 0 Å². The van der Waals surface area contributed by atoms with Gasteiger partial charge in [-0.15, -0.1) is 11.3 Å². The Hall–Kier alpha value is -1.92. The van der Waals surface area contributed by atoms with E-state index in [1.54, 1.807) is 22.9 Å². The molecule has 5 nitrogen and oxygen atoms in total. The van der Waals surface area contributed by atoms with E-state index in [1.165, 1.54) is 19.3 Å². The predicted molar refractivity (Wildman–Crippen MR) is 105 cm³/mol. The van der Waals surface area contributed by atoms with Crippen molar-refractivity contribution in [3.8, 4) is 5.75 Å². The van der Waals surface area contributed by atoms with Crippen LogP contribution >= 0.6 is 11.3 Å². The Bertz CT molecular complexity index is 710. The highest BCUT2D eigenvalue weighted by Crippen LogP contribution is 2.20. The van der Waals surface area contributed by atoms with Crippen LogP contribution in [0.1, 0.15) is 49.2 Å². The third kappa shape index (κ3) is 5.05. The molecular formula is C20H27N3O2S. The molecule has 1 aromatic carbocycles. The van der Waals surface area contributed by atoms with Crippen molar-refractivity contribution in [2.75, 3.05) is 19.6 Å². The topological polar surface area (TPSA) is 54.5 Å². The Labute approximate surface area is 159 Å². The van der Waals surface area contributed by atoms with Crippen molar-refractivity contribution in [1.82, 2.24) is 15.2 Å². The smallest absolute Gasteiger partial charge is 0.251 e. The second-order valence-electron chi connectivity index (χ2n) is 7.34. The van der Waals surface area contributed by atoms with Crippen LogP contribution in [0.5, 0.6) is 5.75 Å². The van der Waals surface area contributed by atoms with E-state index in [0.29, 0.717) is 24.5 Å². The maximum absolute atomic E-state index is 12.6. The lowest BCUT2D eigenvalue weighted by molar-refractivity contribution is 0.0797. The molecule has 1 saturated heterocycles. The van der Waals surface area contributed by atoms with Gasteiger partial charge in [0.25, 0.3) is 5.91 Å². The number of hydrogen-bond donors (Lipinski definition) is 1. The largest absolute Gasteiger partial charge is 0.487 e. The van der Waals surface area contributed by atoms with Gasteiger partial charge in [0.15, 0.2) is 0 Å². The average molecular weight is 374 g/mol. The van der Waals surface area contributed by atoms with Gasteiger partial charge in [-0.3, -0.25) is 9.69 Å².